The Morgan fingerprint density at radius 1 is 0.667 bits per heavy atom. The van der Waals surface area contributed by atoms with Gasteiger partial charge >= 0.3 is 8.56 Å². The Hall–Kier alpha value is 0.137. The number of rotatable bonds is 18. The third kappa shape index (κ3) is 12.5. The Bertz CT molecular complexity index is 254. The minimum atomic E-state index is -1.92. The van der Waals surface area contributed by atoms with Crippen molar-refractivity contribution < 1.29 is 8.85 Å². The van der Waals surface area contributed by atoms with Gasteiger partial charge < -0.3 is 8.85 Å². The van der Waals surface area contributed by atoms with E-state index in [4.69, 9.17) is 8.85 Å². The van der Waals surface area contributed by atoms with Gasteiger partial charge in [0.05, 0.1) is 0 Å². The highest BCUT2D eigenvalue weighted by atomic mass is 28.4. The highest BCUT2D eigenvalue weighted by Crippen LogP contribution is 2.21. The van der Waals surface area contributed by atoms with Gasteiger partial charge in [0, 0.05) is 13.2 Å². The van der Waals surface area contributed by atoms with E-state index in [9.17, 15) is 0 Å². The average Bonchev–Trinajstić information content (AvgIpc) is 2.62. The summed E-state index contributed by atoms with van der Waals surface area (Å²) in [7, 11) is -1.92. The van der Waals surface area contributed by atoms with E-state index in [1.807, 2.05) is 0 Å². The maximum Gasteiger partial charge on any atom is 0.337 e. The molecule has 0 rings (SSSR count). The molecule has 0 spiro atoms. The zero-order valence-corrected chi connectivity index (χ0v) is 18.5. The third-order valence-electron chi connectivity index (χ3n) is 5.27. The summed E-state index contributed by atoms with van der Waals surface area (Å²) < 4.78 is 12.6. The predicted octanol–water partition coefficient (Wildman–Crippen LogP) is 7.47. The van der Waals surface area contributed by atoms with E-state index in [0.29, 0.717) is 5.92 Å². The molecule has 146 valence electrons. The van der Waals surface area contributed by atoms with E-state index in [0.717, 1.165) is 25.3 Å². The van der Waals surface area contributed by atoms with Crippen LogP contribution in [-0.4, -0.2) is 21.8 Å². The molecule has 1 atom stereocenters. The van der Waals surface area contributed by atoms with Crippen molar-refractivity contribution in [1.29, 1.82) is 0 Å². The molecule has 24 heavy (non-hydrogen) atoms. The first-order valence-electron chi connectivity index (χ1n) is 10.9. The van der Waals surface area contributed by atoms with Crippen molar-refractivity contribution in [3.63, 3.8) is 0 Å². The van der Waals surface area contributed by atoms with Gasteiger partial charge in [0.1, 0.15) is 0 Å². The van der Waals surface area contributed by atoms with Crippen molar-refractivity contribution in [2.45, 2.75) is 117 Å². The lowest BCUT2D eigenvalue weighted by atomic mass is 10.1. The fourth-order valence-electron chi connectivity index (χ4n) is 2.96. The van der Waals surface area contributed by atoms with Crippen LogP contribution >= 0.6 is 0 Å². The van der Waals surface area contributed by atoms with E-state index in [1.165, 1.54) is 70.6 Å². The Balaban J connectivity index is 3.66. The van der Waals surface area contributed by atoms with Gasteiger partial charge in [-0.25, -0.2) is 0 Å². The molecule has 0 aromatic rings. The van der Waals surface area contributed by atoms with Crippen LogP contribution in [-0.2, 0) is 8.85 Å². The van der Waals surface area contributed by atoms with Gasteiger partial charge in [-0.1, -0.05) is 98.8 Å². The van der Waals surface area contributed by atoms with Crippen LogP contribution in [0.1, 0.15) is 105 Å². The molecule has 0 heterocycles. The van der Waals surface area contributed by atoms with Crippen LogP contribution in [0.2, 0.25) is 12.1 Å². The van der Waals surface area contributed by atoms with Crippen molar-refractivity contribution >= 4 is 8.56 Å². The van der Waals surface area contributed by atoms with Crippen molar-refractivity contribution in [2.24, 2.45) is 5.92 Å². The van der Waals surface area contributed by atoms with Crippen LogP contribution in [0.15, 0.2) is 0 Å². The summed E-state index contributed by atoms with van der Waals surface area (Å²) in [5, 5.41) is 0. The van der Waals surface area contributed by atoms with Crippen molar-refractivity contribution in [2.75, 3.05) is 13.2 Å². The van der Waals surface area contributed by atoms with Crippen LogP contribution in [0.5, 0.6) is 0 Å². The highest BCUT2D eigenvalue weighted by Gasteiger charge is 2.33. The Labute approximate surface area is 154 Å². The lowest BCUT2D eigenvalue weighted by Crippen LogP contribution is -2.42. The minimum absolute atomic E-state index is 0.649. The summed E-state index contributed by atoms with van der Waals surface area (Å²) in [6.07, 6.45) is 15.0. The van der Waals surface area contributed by atoms with Crippen LogP contribution in [0.3, 0.4) is 0 Å². The molecule has 0 aromatic heterocycles. The number of unbranched alkanes of at least 4 members (excludes halogenated alkanes) is 9. The normalized spacial score (nSPS) is 13.4. The summed E-state index contributed by atoms with van der Waals surface area (Å²) in [6.45, 7) is 13.1. The van der Waals surface area contributed by atoms with Gasteiger partial charge in [-0.3, -0.25) is 0 Å². The maximum atomic E-state index is 6.31. The molecule has 1 unspecified atom stereocenters. The molecule has 0 bridgehead atoms. The maximum absolute atomic E-state index is 6.31. The van der Waals surface area contributed by atoms with E-state index < -0.39 is 8.56 Å². The van der Waals surface area contributed by atoms with Crippen molar-refractivity contribution in [3.8, 4) is 0 Å². The van der Waals surface area contributed by atoms with Gasteiger partial charge in [-0.2, -0.15) is 0 Å². The fraction of sp³-hybridized carbons (Fsp3) is 1.00. The van der Waals surface area contributed by atoms with E-state index in [-0.39, 0.29) is 0 Å². The monoisotopic (exact) mass is 358 g/mol. The number of hydrogen-bond acceptors (Lipinski definition) is 2. The molecular formula is C21H46O2Si. The molecule has 3 heteroatoms. The molecule has 0 fully saturated rings. The minimum Gasteiger partial charge on any atom is -0.394 e. The highest BCUT2D eigenvalue weighted by molar-refractivity contribution is 6.67. The predicted molar refractivity (Wildman–Crippen MR) is 110 cm³/mol. The first-order chi connectivity index (χ1) is 11.6. The second-order valence-electron chi connectivity index (χ2n) is 7.47. The molecule has 0 aliphatic rings. The zero-order chi connectivity index (χ0) is 18.1. The van der Waals surface area contributed by atoms with Crippen LogP contribution in [0, 0.1) is 5.92 Å². The topological polar surface area (TPSA) is 18.5 Å². The number of hydrogen-bond donors (Lipinski definition) is 0. The SMILES string of the molecule is CCCCCCCCCCCCO[Si](CC)(CC)OCC(C)CC. The second-order valence-corrected chi connectivity index (χ2v) is 11.3. The Morgan fingerprint density at radius 3 is 1.62 bits per heavy atom. The smallest absolute Gasteiger partial charge is 0.337 e. The molecular weight excluding hydrogens is 312 g/mol. The summed E-state index contributed by atoms with van der Waals surface area (Å²) in [5.41, 5.74) is 0. The van der Waals surface area contributed by atoms with E-state index in [2.05, 4.69) is 34.6 Å². The molecule has 0 aromatic carbocycles. The average molecular weight is 359 g/mol. The van der Waals surface area contributed by atoms with Crippen LogP contribution < -0.4 is 0 Å². The van der Waals surface area contributed by atoms with E-state index in [1.54, 1.807) is 0 Å². The second kappa shape index (κ2) is 16.6. The first kappa shape index (κ1) is 24.1. The molecule has 0 amide bonds. The molecule has 0 radical (unpaired) electrons. The first-order valence-corrected chi connectivity index (χ1v) is 13.1. The molecule has 0 saturated carbocycles. The summed E-state index contributed by atoms with van der Waals surface area (Å²) in [6, 6.07) is 2.16. The van der Waals surface area contributed by atoms with Gasteiger partial charge in [0.15, 0.2) is 0 Å². The van der Waals surface area contributed by atoms with Crippen molar-refractivity contribution in [3.05, 3.63) is 0 Å². The summed E-state index contributed by atoms with van der Waals surface area (Å²) in [4.78, 5) is 0. The van der Waals surface area contributed by atoms with E-state index >= 15 is 0 Å². The quantitative estimate of drug-likeness (QED) is 0.187. The Kier molecular flexibility index (Phi) is 16.7. The lowest BCUT2D eigenvalue weighted by Gasteiger charge is -2.30. The molecule has 0 saturated heterocycles. The van der Waals surface area contributed by atoms with Crippen molar-refractivity contribution in [1.82, 2.24) is 0 Å². The van der Waals surface area contributed by atoms with Crippen LogP contribution in [0.25, 0.3) is 0 Å². The molecule has 0 N–H and O–H groups in total. The van der Waals surface area contributed by atoms with Gasteiger partial charge in [0.2, 0.25) is 0 Å². The third-order valence-corrected chi connectivity index (χ3v) is 8.85. The largest absolute Gasteiger partial charge is 0.394 e. The van der Waals surface area contributed by atoms with Gasteiger partial charge in [-0.05, 0) is 24.4 Å². The van der Waals surface area contributed by atoms with Gasteiger partial charge in [-0.15, -0.1) is 0 Å². The molecule has 0 aliphatic heterocycles. The fourth-order valence-corrected chi connectivity index (χ4v) is 5.46. The zero-order valence-electron chi connectivity index (χ0n) is 17.5. The van der Waals surface area contributed by atoms with Crippen LogP contribution in [0.4, 0.5) is 0 Å². The molecule has 2 nitrogen and oxygen atoms in total. The standard InChI is InChI=1S/C21H46O2Si/c1-6-10-11-12-13-14-15-16-17-18-19-22-24(8-3,9-4)23-20-21(5)7-2/h21H,6-20H2,1-5H3. The lowest BCUT2D eigenvalue weighted by molar-refractivity contribution is 0.145. The summed E-state index contributed by atoms with van der Waals surface area (Å²) >= 11 is 0. The summed E-state index contributed by atoms with van der Waals surface area (Å²) in [5.74, 6) is 0.649. The van der Waals surface area contributed by atoms with Gasteiger partial charge in [0.25, 0.3) is 0 Å². The molecule has 0 aliphatic carbocycles. The Morgan fingerprint density at radius 2 is 1.17 bits per heavy atom.